The zero-order chi connectivity index (χ0) is 21.5. The van der Waals surface area contributed by atoms with E-state index in [1.807, 2.05) is 0 Å². The van der Waals surface area contributed by atoms with E-state index in [0.717, 1.165) is 0 Å². The second-order valence-electron chi connectivity index (χ2n) is 9.89. The van der Waals surface area contributed by atoms with Gasteiger partial charge in [0.25, 0.3) is 0 Å². The highest BCUT2D eigenvalue weighted by Crippen LogP contribution is 2.20. The van der Waals surface area contributed by atoms with Crippen molar-refractivity contribution < 1.29 is 21.5 Å². The molecule has 0 bridgehead atoms. The van der Waals surface area contributed by atoms with Crippen LogP contribution in [-0.4, -0.2) is 30.7 Å². The minimum atomic E-state index is 0. The van der Waals surface area contributed by atoms with Gasteiger partial charge in [-0.15, -0.1) is 0 Å². The molecule has 0 aliphatic heterocycles. The number of halogens is 1. The summed E-state index contributed by atoms with van der Waals surface area (Å²) in [4.78, 5) is 0. The fraction of sp³-hybridized carbons (Fsp3) is 1.00. The highest BCUT2D eigenvalue weighted by molar-refractivity contribution is 4.54. The molecule has 0 unspecified atom stereocenters. The molecule has 0 rings (SSSR count). The molecular formula is C28H60BrN. The van der Waals surface area contributed by atoms with Crippen LogP contribution in [0.3, 0.4) is 0 Å². The Morgan fingerprint density at radius 3 is 0.800 bits per heavy atom. The molecule has 0 aromatic carbocycles. The minimum absolute atomic E-state index is 0. The van der Waals surface area contributed by atoms with Crippen molar-refractivity contribution >= 4 is 0 Å². The van der Waals surface area contributed by atoms with Gasteiger partial charge in [0.15, 0.2) is 0 Å². The Balaban J connectivity index is 0. The SMILES string of the molecule is CCCCCCCCC[N+](CCCCC)(CCCCC)CCCCCCCCC.[Br-]. The van der Waals surface area contributed by atoms with Crippen LogP contribution in [0.1, 0.15) is 156 Å². The largest absolute Gasteiger partial charge is 1.00 e. The van der Waals surface area contributed by atoms with Crippen molar-refractivity contribution in [2.24, 2.45) is 0 Å². The van der Waals surface area contributed by atoms with Gasteiger partial charge in [-0.3, -0.25) is 0 Å². The number of quaternary nitrogens is 1. The van der Waals surface area contributed by atoms with Crippen molar-refractivity contribution in [3.8, 4) is 0 Å². The lowest BCUT2D eigenvalue weighted by atomic mass is 10.1. The first-order valence-corrected chi connectivity index (χ1v) is 14.1. The second kappa shape index (κ2) is 25.7. The van der Waals surface area contributed by atoms with Crippen molar-refractivity contribution in [3.63, 3.8) is 0 Å². The van der Waals surface area contributed by atoms with Crippen LogP contribution in [0, 0.1) is 0 Å². The number of rotatable bonds is 24. The van der Waals surface area contributed by atoms with Crippen LogP contribution in [0.5, 0.6) is 0 Å². The van der Waals surface area contributed by atoms with Gasteiger partial charge in [0, 0.05) is 0 Å². The summed E-state index contributed by atoms with van der Waals surface area (Å²) in [6.07, 6.45) is 28.8. The molecule has 2 heteroatoms. The summed E-state index contributed by atoms with van der Waals surface area (Å²) < 4.78 is 1.46. The molecule has 1 nitrogen and oxygen atoms in total. The molecule has 0 saturated carbocycles. The van der Waals surface area contributed by atoms with Gasteiger partial charge in [0.2, 0.25) is 0 Å². The van der Waals surface area contributed by atoms with Crippen LogP contribution in [0.4, 0.5) is 0 Å². The Labute approximate surface area is 203 Å². The highest BCUT2D eigenvalue weighted by Gasteiger charge is 2.25. The van der Waals surface area contributed by atoms with Gasteiger partial charge in [0.1, 0.15) is 0 Å². The molecule has 0 aliphatic rings. The number of hydrogen-bond donors (Lipinski definition) is 0. The third-order valence-corrected chi connectivity index (χ3v) is 6.94. The van der Waals surface area contributed by atoms with Crippen LogP contribution in [-0.2, 0) is 0 Å². The Bertz CT molecular complexity index is 275. The summed E-state index contributed by atoms with van der Waals surface area (Å²) in [5, 5.41) is 0. The van der Waals surface area contributed by atoms with Gasteiger partial charge >= 0.3 is 0 Å². The lowest BCUT2D eigenvalue weighted by molar-refractivity contribution is -0.929. The van der Waals surface area contributed by atoms with Crippen LogP contribution in [0.15, 0.2) is 0 Å². The number of hydrogen-bond acceptors (Lipinski definition) is 0. The lowest BCUT2D eigenvalue weighted by Crippen LogP contribution is -3.00. The van der Waals surface area contributed by atoms with Crippen molar-refractivity contribution in [2.75, 3.05) is 26.2 Å². The van der Waals surface area contributed by atoms with E-state index in [9.17, 15) is 0 Å². The zero-order valence-corrected chi connectivity index (χ0v) is 23.4. The molecule has 0 aromatic heterocycles. The molecule has 0 saturated heterocycles. The molecule has 30 heavy (non-hydrogen) atoms. The average Bonchev–Trinajstić information content (AvgIpc) is 2.73. The molecule has 0 atom stereocenters. The molecule has 0 radical (unpaired) electrons. The third kappa shape index (κ3) is 20.3. The fourth-order valence-electron chi connectivity index (χ4n) is 4.87. The van der Waals surface area contributed by atoms with Crippen LogP contribution >= 0.6 is 0 Å². The van der Waals surface area contributed by atoms with Crippen molar-refractivity contribution in [2.45, 2.75) is 156 Å². The van der Waals surface area contributed by atoms with E-state index in [4.69, 9.17) is 0 Å². The summed E-state index contributed by atoms with van der Waals surface area (Å²) in [5.41, 5.74) is 0. The second-order valence-corrected chi connectivity index (χ2v) is 9.89. The first kappa shape index (κ1) is 32.6. The molecule has 0 heterocycles. The van der Waals surface area contributed by atoms with Gasteiger partial charge in [-0.05, 0) is 51.4 Å². The van der Waals surface area contributed by atoms with Gasteiger partial charge < -0.3 is 21.5 Å². The normalized spacial score (nSPS) is 11.6. The Morgan fingerprint density at radius 1 is 0.300 bits per heavy atom. The van der Waals surface area contributed by atoms with Gasteiger partial charge in [0.05, 0.1) is 26.2 Å². The van der Waals surface area contributed by atoms with E-state index in [-0.39, 0.29) is 17.0 Å². The first-order valence-electron chi connectivity index (χ1n) is 14.1. The van der Waals surface area contributed by atoms with Crippen LogP contribution in [0.25, 0.3) is 0 Å². The molecule has 0 amide bonds. The maximum atomic E-state index is 2.36. The zero-order valence-electron chi connectivity index (χ0n) is 21.8. The van der Waals surface area contributed by atoms with Gasteiger partial charge in [-0.25, -0.2) is 0 Å². The quantitative estimate of drug-likeness (QED) is 0.104. The van der Waals surface area contributed by atoms with E-state index in [0.29, 0.717) is 0 Å². The Morgan fingerprint density at radius 2 is 0.500 bits per heavy atom. The van der Waals surface area contributed by atoms with Crippen LogP contribution < -0.4 is 17.0 Å². The maximum Gasteiger partial charge on any atom is 0.0786 e. The summed E-state index contributed by atoms with van der Waals surface area (Å²) >= 11 is 0. The molecule has 0 N–H and O–H groups in total. The van der Waals surface area contributed by atoms with Gasteiger partial charge in [-0.1, -0.05) is 105 Å². The molecule has 184 valence electrons. The molecule has 0 spiro atoms. The molecule has 0 aromatic rings. The van der Waals surface area contributed by atoms with Gasteiger partial charge in [-0.2, -0.15) is 0 Å². The van der Waals surface area contributed by atoms with E-state index in [1.54, 1.807) is 0 Å². The number of nitrogens with zero attached hydrogens (tertiary/aromatic N) is 1. The first-order chi connectivity index (χ1) is 14.2. The van der Waals surface area contributed by atoms with Crippen molar-refractivity contribution in [3.05, 3.63) is 0 Å². The summed E-state index contributed by atoms with van der Waals surface area (Å²) in [6.45, 7) is 15.2. The topological polar surface area (TPSA) is 0 Å². The molecule has 0 aliphatic carbocycles. The smallest absolute Gasteiger partial charge is 0.0786 e. The van der Waals surface area contributed by atoms with E-state index >= 15 is 0 Å². The third-order valence-electron chi connectivity index (χ3n) is 6.94. The van der Waals surface area contributed by atoms with E-state index in [2.05, 4.69) is 27.7 Å². The summed E-state index contributed by atoms with van der Waals surface area (Å²) in [7, 11) is 0. The van der Waals surface area contributed by atoms with E-state index in [1.165, 1.54) is 159 Å². The summed E-state index contributed by atoms with van der Waals surface area (Å²) in [5.74, 6) is 0. The number of unbranched alkanes of at least 4 members (excludes halogenated alkanes) is 16. The predicted octanol–water partition coefficient (Wildman–Crippen LogP) is 6.69. The van der Waals surface area contributed by atoms with E-state index < -0.39 is 0 Å². The monoisotopic (exact) mass is 489 g/mol. The molecule has 0 fully saturated rings. The fourth-order valence-corrected chi connectivity index (χ4v) is 4.87. The standard InChI is InChI=1S/C28H60N.BrH/c1-5-9-13-15-17-19-23-27-29(25-21-11-7-3,26-22-12-8-4)28-24-20-18-16-14-10-6-2;/h5-28H2,1-4H3;1H/q+1;/p-1. The molecular weight excluding hydrogens is 430 g/mol. The predicted molar refractivity (Wildman–Crippen MR) is 135 cm³/mol. The Kier molecular flexibility index (Phi) is 27.9. The maximum absolute atomic E-state index is 2.36. The van der Waals surface area contributed by atoms with Crippen molar-refractivity contribution in [1.82, 2.24) is 0 Å². The van der Waals surface area contributed by atoms with Crippen molar-refractivity contribution in [1.29, 1.82) is 0 Å². The lowest BCUT2D eigenvalue weighted by Gasteiger charge is -2.39. The Hall–Kier alpha value is 0.440. The van der Waals surface area contributed by atoms with Crippen LogP contribution in [0.2, 0.25) is 0 Å². The minimum Gasteiger partial charge on any atom is -1.00 e. The highest BCUT2D eigenvalue weighted by atomic mass is 79.9. The average molecular weight is 491 g/mol. The summed E-state index contributed by atoms with van der Waals surface area (Å²) in [6, 6.07) is 0.